The van der Waals surface area contributed by atoms with E-state index in [-0.39, 0.29) is 10.8 Å². The van der Waals surface area contributed by atoms with Gasteiger partial charge in [0, 0.05) is 0 Å². The average molecular weight is 910 g/mol. The molecule has 0 amide bonds. The minimum Gasteiger partial charge on any atom is -0.273 e. The monoisotopic (exact) mass is 906 g/mol. The summed E-state index contributed by atoms with van der Waals surface area (Å²) in [6.07, 6.45) is 10.0. The molecule has 0 fully saturated rings. The van der Waals surface area contributed by atoms with Crippen molar-refractivity contribution < 1.29 is 24.2 Å². The molecular weight excluding hydrogens is 864 g/mol. The largest absolute Gasteiger partial charge is 0.273 e. The second-order valence-corrected chi connectivity index (χ2v) is 18.8. The Hall–Kier alpha value is -3.62. The smallest absolute Gasteiger partial charge is 0.0139 e. The Morgan fingerprint density at radius 3 is 1.30 bits per heavy atom. The number of rotatable bonds is 4. The van der Waals surface area contributed by atoms with Crippen LogP contribution < -0.4 is 0 Å². The molecule has 0 radical (unpaired) electrons. The van der Waals surface area contributed by atoms with E-state index < -0.39 is 0 Å². The maximum atomic E-state index is 3.45. The maximum absolute atomic E-state index is 3.45. The zero-order chi connectivity index (χ0) is 38.5. The summed E-state index contributed by atoms with van der Waals surface area (Å²) in [5, 5.41) is 5.36. The van der Waals surface area contributed by atoms with E-state index in [1.54, 1.807) is 0 Å². The molecule has 0 aliphatic heterocycles. The van der Waals surface area contributed by atoms with E-state index in [0.29, 0.717) is 0 Å². The van der Waals surface area contributed by atoms with Gasteiger partial charge in [0.2, 0.25) is 0 Å². The van der Waals surface area contributed by atoms with E-state index in [2.05, 4.69) is 225 Å². The summed E-state index contributed by atoms with van der Waals surface area (Å²) in [6.45, 7) is 13.9. The van der Waals surface area contributed by atoms with Crippen molar-refractivity contribution in [1.82, 2.24) is 0 Å². The van der Waals surface area contributed by atoms with Crippen LogP contribution in [0, 0.1) is 6.08 Å². The predicted octanol–water partition coefficient (Wildman–Crippen LogP) is 15.3. The van der Waals surface area contributed by atoms with Crippen molar-refractivity contribution in [3.8, 4) is 22.3 Å². The van der Waals surface area contributed by atoms with E-state index in [9.17, 15) is 0 Å². The molecule has 0 aromatic heterocycles. The first-order chi connectivity index (χ1) is 25.8. The van der Waals surface area contributed by atoms with Gasteiger partial charge in [-0.25, -0.2) is 12.2 Å². The van der Waals surface area contributed by atoms with Crippen LogP contribution >= 0.6 is 31.9 Å². The third kappa shape index (κ3) is 9.78. The topological polar surface area (TPSA) is 0 Å². The van der Waals surface area contributed by atoms with E-state index in [1.807, 2.05) is 12.2 Å². The molecule has 8 rings (SSSR count). The Balaban J connectivity index is 0.000000195. The number of halogens is 2. The summed E-state index contributed by atoms with van der Waals surface area (Å²) < 4.78 is 3.62. The number of fused-ring (bicyclic) bond motifs is 3. The fraction of sp³-hybridized carbons (Fsp3) is 0.176. The third-order valence-corrected chi connectivity index (χ3v) is 12.1. The van der Waals surface area contributed by atoms with Crippen molar-refractivity contribution in [1.29, 1.82) is 0 Å². The summed E-state index contributed by atoms with van der Waals surface area (Å²) in [7, 11) is 0. The zero-order valence-corrected chi connectivity index (χ0v) is 37.6. The second kappa shape index (κ2) is 17.5. The molecule has 1 aliphatic rings. The van der Waals surface area contributed by atoms with Crippen LogP contribution in [0.15, 0.2) is 167 Å². The fourth-order valence-electron chi connectivity index (χ4n) is 6.80. The van der Waals surface area contributed by atoms with Gasteiger partial charge in [0.1, 0.15) is 0 Å². The van der Waals surface area contributed by atoms with Crippen molar-refractivity contribution in [3.63, 3.8) is 0 Å². The van der Waals surface area contributed by atoms with Crippen molar-refractivity contribution in [2.45, 2.75) is 58.8 Å². The molecule has 0 spiro atoms. The van der Waals surface area contributed by atoms with E-state index >= 15 is 0 Å². The molecule has 0 N–H and O–H groups in total. The Morgan fingerprint density at radius 2 is 0.981 bits per heavy atom. The fourth-order valence-corrected chi connectivity index (χ4v) is 8.15. The molecule has 3 heteroatoms. The van der Waals surface area contributed by atoms with Crippen LogP contribution in [0.2, 0.25) is 0 Å². The molecule has 7 aromatic rings. The van der Waals surface area contributed by atoms with Crippen molar-refractivity contribution in [2.24, 2.45) is 0 Å². The van der Waals surface area contributed by atoms with Crippen molar-refractivity contribution in [3.05, 3.63) is 195 Å². The third-order valence-electron chi connectivity index (χ3n) is 9.62. The molecule has 0 saturated carbocycles. The Kier molecular flexibility index (Phi) is 12.9. The number of hydrogen-bond donors (Lipinski definition) is 0. The normalized spacial score (nSPS) is 12.3. The van der Waals surface area contributed by atoms with Crippen LogP contribution in [0.5, 0.6) is 0 Å². The van der Waals surface area contributed by atoms with E-state index in [4.69, 9.17) is 0 Å². The molecule has 0 saturated heterocycles. The quantitative estimate of drug-likeness (QED) is 0.154. The number of hydrogen-bond acceptors (Lipinski definition) is 0. The molecule has 54 heavy (non-hydrogen) atoms. The van der Waals surface area contributed by atoms with Gasteiger partial charge in [-0.2, -0.15) is 6.08 Å². The molecule has 268 valence electrons. The molecule has 1 aliphatic carbocycles. The number of benzene rings is 6. The van der Waals surface area contributed by atoms with Gasteiger partial charge >= 0.3 is 128 Å². The average Bonchev–Trinajstić information content (AvgIpc) is 3.86. The molecule has 0 atom stereocenters. The van der Waals surface area contributed by atoms with Crippen molar-refractivity contribution in [2.75, 3.05) is 0 Å². The number of allylic oxidation sites excluding steroid dienone is 4. The summed E-state index contributed by atoms with van der Waals surface area (Å²) in [5.41, 5.74) is 10.8. The van der Waals surface area contributed by atoms with Crippen LogP contribution in [0.3, 0.4) is 0 Å². The van der Waals surface area contributed by atoms with Gasteiger partial charge in [0.25, 0.3) is 0 Å². The molecule has 0 nitrogen and oxygen atoms in total. The second-order valence-electron chi connectivity index (χ2n) is 15.7. The predicted molar refractivity (Wildman–Crippen MR) is 238 cm³/mol. The Bertz CT molecular complexity index is 2250. The first-order valence-electron chi connectivity index (χ1n) is 18.4. The van der Waals surface area contributed by atoms with Crippen LogP contribution in [0.25, 0.3) is 43.8 Å². The van der Waals surface area contributed by atoms with Crippen LogP contribution in [-0.4, -0.2) is 3.21 Å². The first kappa shape index (κ1) is 40.1. The van der Waals surface area contributed by atoms with Gasteiger partial charge < -0.3 is 0 Å². The molecule has 0 bridgehead atoms. The summed E-state index contributed by atoms with van der Waals surface area (Å²) >= 11 is 8.34. The molecule has 0 unspecified atom stereocenters. The summed E-state index contributed by atoms with van der Waals surface area (Å²) in [6, 6.07) is 50.6. The SMILES string of the molecule is Brc1ccc([C](=[Zr+2])c2ccc(Br)cc2)cc1.CC(C)(C)c1cc2c(cc1-c1ccccc1)[cH-]c1cc(-c3ccccc3)c(C(C)(C)C)cc12.[C-]1=CC=CC1. The standard InChI is InChI=1S/C33H33.C13H8Br2.C5H5.Zr/c1-32(2,3)30-20-26-24(18-28(30)22-13-9-7-10-14-22)17-25-19-29(23-15-11-8-12-16-23)31(21-27(25)26)33(4,5)6;14-12-5-1-10(2-6-12)9-11-3-7-13(15)8-4-11;1-2-4-5-3-1;/h7-21H,1-6H3;1-8H;1-3H,4H2;/q-1;;-1;+2. The summed E-state index contributed by atoms with van der Waals surface area (Å²) in [4.78, 5) is 0. The molecule has 7 aromatic carbocycles. The van der Waals surface area contributed by atoms with Crippen LogP contribution in [-0.2, 0) is 35.1 Å². The molecule has 0 heterocycles. The van der Waals surface area contributed by atoms with Crippen LogP contribution in [0.1, 0.15) is 70.2 Å². The van der Waals surface area contributed by atoms with Gasteiger partial charge in [0.15, 0.2) is 0 Å². The van der Waals surface area contributed by atoms with Crippen molar-refractivity contribution >= 4 is 56.6 Å². The van der Waals surface area contributed by atoms with Crippen LogP contribution in [0.4, 0.5) is 0 Å². The Labute approximate surface area is 354 Å². The van der Waals surface area contributed by atoms with Gasteiger partial charge in [-0.05, 0) is 44.2 Å². The minimum atomic E-state index is 0.0554. The zero-order valence-electron chi connectivity index (χ0n) is 32.0. The minimum absolute atomic E-state index is 0.0554. The summed E-state index contributed by atoms with van der Waals surface area (Å²) in [5.74, 6) is 0. The maximum Gasteiger partial charge on any atom is -0.0139 e. The van der Waals surface area contributed by atoms with E-state index in [1.165, 1.54) is 93.5 Å². The first-order valence-corrected chi connectivity index (χ1v) is 21.3. The van der Waals surface area contributed by atoms with Gasteiger partial charge in [-0.3, -0.25) is 6.08 Å². The van der Waals surface area contributed by atoms with Gasteiger partial charge in [0.05, 0.1) is 0 Å². The Morgan fingerprint density at radius 1 is 0.574 bits per heavy atom. The van der Waals surface area contributed by atoms with Gasteiger partial charge in [-0.15, -0.1) is 46.2 Å². The van der Waals surface area contributed by atoms with E-state index in [0.717, 1.165) is 15.4 Å². The molecular formula is C51H46Br2Zr. The van der Waals surface area contributed by atoms with Gasteiger partial charge in [-0.1, -0.05) is 114 Å².